The highest BCUT2D eigenvalue weighted by Crippen LogP contribution is 1.88. The molecule has 0 aromatic rings. The second kappa shape index (κ2) is 22.7. The minimum Gasteiger partial charge on any atom is -0.394 e. The van der Waals surface area contributed by atoms with Gasteiger partial charge in [-0.25, -0.2) is 0 Å². The third-order valence-electron chi connectivity index (χ3n) is 3.54. The number of rotatable bonds is 22. The monoisotopic (exact) mass is 381 g/mol. The van der Waals surface area contributed by atoms with E-state index in [2.05, 4.69) is 18.7 Å². The summed E-state index contributed by atoms with van der Waals surface area (Å²) < 4.78 is 32.1. The van der Waals surface area contributed by atoms with Crippen molar-refractivity contribution in [3.05, 3.63) is 0 Å². The SMILES string of the molecule is CCN(CC)CCOCCOCCOCCOCCOCCOCCO. The smallest absolute Gasteiger partial charge is 0.0701 e. The van der Waals surface area contributed by atoms with Crippen LogP contribution in [0.1, 0.15) is 13.8 Å². The Hall–Kier alpha value is -0.320. The van der Waals surface area contributed by atoms with Gasteiger partial charge >= 0.3 is 0 Å². The Kier molecular flexibility index (Phi) is 22.4. The number of nitrogens with zero attached hydrogens (tertiary/aromatic N) is 1. The molecule has 0 aliphatic heterocycles. The molecule has 1 N–H and O–H groups in total. The van der Waals surface area contributed by atoms with Gasteiger partial charge in [-0.2, -0.15) is 0 Å². The van der Waals surface area contributed by atoms with Gasteiger partial charge in [0.25, 0.3) is 0 Å². The van der Waals surface area contributed by atoms with Gasteiger partial charge in [0.05, 0.1) is 85.9 Å². The van der Waals surface area contributed by atoms with Gasteiger partial charge in [0, 0.05) is 6.54 Å². The fourth-order valence-electron chi connectivity index (χ4n) is 2.00. The average Bonchev–Trinajstić information content (AvgIpc) is 2.66. The number of aliphatic hydroxyl groups excluding tert-OH is 1. The molecule has 0 atom stereocenters. The number of aliphatic hydroxyl groups is 1. The topological polar surface area (TPSA) is 78.9 Å². The van der Waals surface area contributed by atoms with Crippen molar-refractivity contribution in [1.82, 2.24) is 4.90 Å². The molecule has 158 valence electrons. The molecule has 0 saturated carbocycles. The highest BCUT2D eigenvalue weighted by Gasteiger charge is 1.98. The molecule has 0 fully saturated rings. The molecule has 0 heterocycles. The second-order valence-electron chi connectivity index (χ2n) is 5.42. The van der Waals surface area contributed by atoms with E-state index in [9.17, 15) is 0 Å². The van der Waals surface area contributed by atoms with Gasteiger partial charge in [0.15, 0.2) is 0 Å². The van der Waals surface area contributed by atoms with Crippen LogP contribution in [0, 0.1) is 0 Å². The quantitative estimate of drug-likeness (QED) is 0.270. The van der Waals surface area contributed by atoms with Gasteiger partial charge in [-0.15, -0.1) is 0 Å². The summed E-state index contributed by atoms with van der Waals surface area (Å²) in [5.41, 5.74) is 0. The van der Waals surface area contributed by atoms with Gasteiger partial charge in [0.2, 0.25) is 0 Å². The summed E-state index contributed by atoms with van der Waals surface area (Å²) in [5.74, 6) is 0. The first-order valence-electron chi connectivity index (χ1n) is 9.64. The molecule has 0 amide bonds. The number of hydrogen-bond donors (Lipinski definition) is 1. The molecule has 0 bridgehead atoms. The second-order valence-corrected chi connectivity index (χ2v) is 5.42. The Labute approximate surface area is 158 Å². The van der Waals surface area contributed by atoms with E-state index >= 15 is 0 Å². The molecule has 8 heteroatoms. The largest absolute Gasteiger partial charge is 0.394 e. The predicted molar refractivity (Wildman–Crippen MR) is 99.8 cm³/mol. The van der Waals surface area contributed by atoms with Gasteiger partial charge in [-0.05, 0) is 13.1 Å². The fourth-order valence-corrected chi connectivity index (χ4v) is 2.00. The van der Waals surface area contributed by atoms with Crippen molar-refractivity contribution in [2.75, 3.05) is 106 Å². The zero-order valence-corrected chi connectivity index (χ0v) is 16.7. The maximum Gasteiger partial charge on any atom is 0.0701 e. The van der Waals surface area contributed by atoms with Crippen LogP contribution in [0.15, 0.2) is 0 Å². The Morgan fingerprint density at radius 1 is 0.500 bits per heavy atom. The van der Waals surface area contributed by atoms with Crippen LogP contribution in [-0.4, -0.2) is 116 Å². The first-order chi connectivity index (χ1) is 12.8. The molecule has 0 aliphatic carbocycles. The van der Waals surface area contributed by atoms with Crippen LogP contribution in [0.2, 0.25) is 0 Å². The summed E-state index contributed by atoms with van der Waals surface area (Å²) in [7, 11) is 0. The zero-order chi connectivity index (χ0) is 19.1. The summed E-state index contributed by atoms with van der Waals surface area (Å²) in [6, 6.07) is 0. The minimum atomic E-state index is 0.0406. The molecule has 0 spiro atoms. The fraction of sp³-hybridized carbons (Fsp3) is 1.00. The van der Waals surface area contributed by atoms with E-state index in [1.54, 1.807) is 0 Å². The van der Waals surface area contributed by atoms with Gasteiger partial charge in [0.1, 0.15) is 0 Å². The van der Waals surface area contributed by atoms with Crippen molar-refractivity contribution >= 4 is 0 Å². The predicted octanol–water partition coefficient (Wildman–Crippen LogP) is 0.420. The summed E-state index contributed by atoms with van der Waals surface area (Å²) in [4.78, 5) is 2.33. The molecule has 26 heavy (non-hydrogen) atoms. The first kappa shape index (κ1) is 25.7. The molecule has 0 rings (SSSR count). The van der Waals surface area contributed by atoms with E-state index in [4.69, 9.17) is 33.5 Å². The molecule has 0 radical (unpaired) electrons. The van der Waals surface area contributed by atoms with Crippen LogP contribution in [0.25, 0.3) is 0 Å². The zero-order valence-electron chi connectivity index (χ0n) is 16.7. The molecule has 0 aromatic carbocycles. The van der Waals surface area contributed by atoms with Crippen molar-refractivity contribution < 1.29 is 33.5 Å². The van der Waals surface area contributed by atoms with E-state index in [-0.39, 0.29) is 6.61 Å². The molecule has 0 saturated heterocycles. The van der Waals surface area contributed by atoms with Crippen LogP contribution in [0.5, 0.6) is 0 Å². The van der Waals surface area contributed by atoms with Gasteiger partial charge in [-0.1, -0.05) is 13.8 Å². The van der Waals surface area contributed by atoms with Crippen LogP contribution in [0.4, 0.5) is 0 Å². The Morgan fingerprint density at radius 3 is 1.12 bits per heavy atom. The summed E-state index contributed by atoms with van der Waals surface area (Å²) in [6.07, 6.45) is 0. The third kappa shape index (κ3) is 20.0. The summed E-state index contributed by atoms with van der Waals surface area (Å²) in [5, 5.41) is 8.52. The number of hydrogen-bond acceptors (Lipinski definition) is 8. The van der Waals surface area contributed by atoms with Crippen molar-refractivity contribution in [2.45, 2.75) is 13.8 Å². The maximum atomic E-state index is 8.52. The lowest BCUT2D eigenvalue weighted by atomic mass is 10.5. The van der Waals surface area contributed by atoms with E-state index in [1.165, 1.54) is 0 Å². The number of ether oxygens (including phenoxy) is 6. The van der Waals surface area contributed by atoms with Crippen LogP contribution in [-0.2, 0) is 28.4 Å². The van der Waals surface area contributed by atoms with Crippen molar-refractivity contribution in [1.29, 1.82) is 0 Å². The van der Waals surface area contributed by atoms with E-state index < -0.39 is 0 Å². The number of likely N-dealkylation sites (N-methyl/N-ethyl adjacent to an activating group) is 1. The van der Waals surface area contributed by atoms with E-state index in [0.717, 1.165) is 26.2 Å². The molecular formula is C18H39NO7. The van der Waals surface area contributed by atoms with E-state index in [1.807, 2.05) is 0 Å². The van der Waals surface area contributed by atoms with Crippen molar-refractivity contribution in [2.24, 2.45) is 0 Å². The molecule has 0 aliphatic rings. The van der Waals surface area contributed by atoms with Crippen LogP contribution in [0.3, 0.4) is 0 Å². The highest BCUT2D eigenvalue weighted by atomic mass is 16.6. The lowest BCUT2D eigenvalue weighted by Gasteiger charge is -2.17. The maximum absolute atomic E-state index is 8.52. The van der Waals surface area contributed by atoms with Crippen LogP contribution < -0.4 is 0 Å². The molecule has 8 nitrogen and oxygen atoms in total. The standard InChI is InChI=1S/C18H39NO7/c1-3-19(4-2)5-7-21-9-11-23-13-15-25-17-18-26-16-14-24-12-10-22-8-6-20/h20H,3-18H2,1-2H3. The van der Waals surface area contributed by atoms with Gasteiger partial charge < -0.3 is 38.4 Å². The molecular weight excluding hydrogens is 342 g/mol. The summed E-state index contributed by atoms with van der Waals surface area (Å²) >= 11 is 0. The van der Waals surface area contributed by atoms with E-state index in [0.29, 0.717) is 72.7 Å². The Balaban J connectivity index is 3.03. The van der Waals surface area contributed by atoms with Crippen LogP contribution >= 0.6 is 0 Å². The van der Waals surface area contributed by atoms with Crippen molar-refractivity contribution in [3.63, 3.8) is 0 Å². The minimum absolute atomic E-state index is 0.0406. The van der Waals surface area contributed by atoms with Gasteiger partial charge in [-0.3, -0.25) is 0 Å². The van der Waals surface area contributed by atoms with Crippen molar-refractivity contribution in [3.8, 4) is 0 Å². The molecule has 0 unspecified atom stereocenters. The lowest BCUT2D eigenvalue weighted by molar-refractivity contribution is -0.0187. The normalized spacial score (nSPS) is 11.5. The average molecular weight is 382 g/mol. The third-order valence-corrected chi connectivity index (χ3v) is 3.54. The lowest BCUT2D eigenvalue weighted by Crippen LogP contribution is -2.27. The Morgan fingerprint density at radius 2 is 0.808 bits per heavy atom. The first-order valence-corrected chi connectivity index (χ1v) is 9.64. The Bertz CT molecular complexity index is 256. The highest BCUT2D eigenvalue weighted by molar-refractivity contribution is 4.50. The summed E-state index contributed by atoms with van der Waals surface area (Å²) in [6.45, 7) is 14.0. The molecule has 0 aromatic heterocycles.